The van der Waals surface area contributed by atoms with Crippen LogP contribution in [0.3, 0.4) is 0 Å². The van der Waals surface area contributed by atoms with Crippen molar-refractivity contribution in [3.63, 3.8) is 0 Å². The summed E-state index contributed by atoms with van der Waals surface area (Å²) in [7, 11) is 4.25. The Morgan fingerprint density at radius 1 is 1.16 bits per heavy atom. The zero-order valence-corrected chi connectivity index (χ0v) is 17.2. The Morgan fingerprint density at radius 2 is 1.80 bits per heavy atom. The van der Waals surface area contributed by atoms with E-state index < -0.39 is 0 Å². The van der Waals surface area contributed by atoms with Gasteiger partial charge in [-0.15, -0.1) is 0 Å². The van der Waals surface area contributed by atoms with E-state index in [-0.39, 0.29) is 5.54 Å². The lowest BCUT2D eigenvalue weighted by molar-refractivity contribution is 0.102. The van der Waals surface area contributed by atoms with E-state index in [1.807, 2.05) is 0 Å². The lowest BCUT2D eigenvalue weighted by Crippen LogP contribution is -2.49. The number of rotatable bonds is 7. The lowest BCUT2D eigenvalue weighted by atomic mass is 9.88. The fourth-order valence-corrected chi connectivity index (χ4v) is 4.27. The zero-order valence-electron chi connectivity index (χ0n) is 15.6. The van der Waals surface area contributed by atoms with Crippen molar-refractivity contribution in [3.8, 4) is 0 Å². The van der Waals surface area contributed by atoms with Gasteiger partial charge in [0, 0.05) is 60.4 Å². The van der Waals surface area contributed by atoms with Crippen LogP contribution < -0.4 is 0 Å². The number of halogens is 1. The number of hydrogen-bond donors (Lipinski definition) is 0. The molecule has 0 spiro atoms. The van der Waals surface area contributed by atoms with Crippen LogP contribution >= 0.6 is 15.9 Å². The third kappa shape index (κ3) is 4.76. The van der Waals surface area contributed by atoms with Crippen molar-refractivity contribution in [2.45, 2.75) is 19.4 Å². The van der Waals surface area contributed by atoms with Crippen LogP contribution in [0.2, 0.25) is 0 Å². The van der Waals surface area contributed by atoms with Crippen molar-refractivity contribution < 1.29 is 9.59 Å². The van der Waals surface area contributed by atoms with Crippen LogP contribution in [-0.4, -0.2) is 80.6 Å². The smallest absolute Gasteiger partial charge is 0.150 e. The van der Waals surface area contributed by atoms with Gasteiger partial charge in [-0.05, 0) is 45.6 Å². The fourth-order valence-electron chi connectivity index (χ4n) is 3.29. The van der Waals surface area contributed by atoms with Gasteiger partial charge in [0.25, 0.3) is 0 Å². The Labute approximate surface area is 159 Å². The summed E-state index contributed by atoms with van der Waals surface area (Å²) in [4.78, 5) is 29.8. The second-order valence-corrected chi connectivity index (χ2v) is 8.18. The van der Waals surface area contributed by atoms with Crippen LogP contribution in [0, 0.1) is 0 Å². The van der Waals surface area contributed by atoms with Crippen LogP contribution in [0.15, 0.2) is 16.6 Å². The molecule has 0 amide bonds. The van der Waals surface area contributed by atoms with E-state index in [0.29, 0.717) is 11.1 Å². The Bertz CT molecular complexity index is 625. The zero-order chi connectivity index (χ0) is 18.6. The summed E-state index contributed by atoms with van der Waals surface area (Å²) in [5.74, 6) is 0. The van der Waals surface area contributed by atoms with E-state index in [1.165, 1.54) is 0 Å². The first-order valence-corrected chi connectivity index (χ1v) is 9.45. The summed E-state index contributed by atoms with van der Waals surface area (Å²) >= 11 is 3.56. The highest BCUT2D eigenvalue weighted by Crippen LogP contribution is 2.35. The quantitative estimate of drug-likeness (QED) is 0.647. The standard InChI is InChI=1S/C19H28BrN3O2/c1-19(2,18-16(14-25)11-15(13-24)12-17(18)20)22(4)7-10-23-8-5-21(3)6-9-23/h11-14H,5-10H2,1-4H3. The van der Waals surface area contributed by atoms with Gasteiger partial charge >= 0.3 is 0 Å². The number of nitrogens with zero attached hydrogens (tertiary/aromatic N) is 3. The first-order valence-electron chi connectivity index (χ1n) is 8.66. The first kappa shape index (κ1) is 20.2. The second-order valence-electron chi connectivity index (χ2n) is 7.33. The molecule has 1 aromatic carbocycles. The van der Waals surface area contributed by atoms with Gasteiger partial charge in [0.1, 0.15) is 12.6 Å². The van der Waals surface area contributed by atoms with Crippen molar-refractivity contribution in [3.05, 3.63) is 33.3 Å². The average molecular weight is 410 g/mol. The molecule has 0 atom stereocenters. The molecule has 138 valence electrons. The number of carbonyl (C=O) groups excluding carboxylic acids is 2. The number of benzene rings is 1. The van der Waals surface area contributed by atoms with Crippen molar-refractivity contribution in [2.75, 3.05) is 53.4 Å². The minimum Gasteiger partial charge on any atom is -0.304 e. The largest absolute Gasteiger partial charge is 0.304 e. The maximum atomic E-state index is 11.6. The van der Waals surface area contributed by atoms with Gasteiger partial charge in [-0.2, -0.15) is 0 Å². The molecular weight excluding hydrogens is 382 g/mol. The first-order chi connectivity index (χ1) is 11.8. The maximum Gasteiger partial charge on any atom is 0.150 e. The van der Waals surface area contributed by atoms with Gasteiger partial charge in [-0.1, -0.05) is 15.9 Å². The van der Waals surface area contributed by atoms with Crippen LogP contribution in [0.25, 0.3) is 0 Å². The number of likely N-dealkylation sites (N-methyl/N-ethyl adjacent to an activating group) is 2. The minimum absolute atomic E-state index is 0.330. The fraction of sp³-hybridized carbons (Fsp3) is 0.579. The molecular formula is C19H28BrN3O2. The number of hydrogen-bond acceptors (Lipinski definition) is 5. The van der Waals surface area contributed by atoms with E-state index in [9.17, 15) is 9.59 Å². The molecule has 0 saturated carbocycles. The molecule has 1 aromatic rings. The molecule has 1 saturated heterocycles. The molecule has 1 aliphatic heterocycles. The van der Waals surface area contributed by atoms with Crippen molar-refractivity contribution in [1.29, 1.82) is 0 Å². The number of aldehydes is 2. The van der Waals surface area contributed by atoms with Crippen LogP contribution in [-0.2, 0) is 5.54 Å². The van der Waals surface area contributed by atoms with Gasteiger partial charge in [-0.3, -0.25) is 19.4 Å². The van der Waals surface area contributed by atoms with E-state index >= 15 is 0 Å². The monoisotopic (exact) mass is 409 g/mol. The van der Waals surface area contributed by atoms with Crippen molar-refractivity contribution >= 4 is 28.5 Å². The van der Waals surface area contributed by atoms with Crippen molar-refractivity contribution in [2.24, 2.45) is 0 Å². The second kappa shape index (κ2) is 8.54. The lowest BCUT2D eigenvalue weighted by Gasteiger charge is -2.40. The summed E-state index contributed by atoms with van der Waals surface area (Å²) in [6.07, 6.45) is 1.61. The molecule has 0 aromatic heterocycles. The summed E-state index contributed by atoms with van der Waals surface area (Å²) in [6, 6.07) is 3.45. The molecule has 0 radical (unpaired) electrons. The van der Waals surface area contributed by atoms with Crippen LogP contribution in [0.5, 0.6) is 0 Å². The van der Waals surface area contributed by atoms with E-state index in [2.05, 4.69) is 58.6 Å². The Balaban J connectivity index is 2.14. The SMILES string of the molecule is CN1CCN(CCN(C)C(C)(C)c2c(Br)cc(C=O)cc2C=O)CC1. The molecule has 0 N–H and O–H groups in total. The molecule has 5 nitrogen and oxygen atoms in total. The molecule has 0 unspecified atom stereocenters. The van der Waals surface area contributed by atoms with E-state index in [1.54, 1.807) is 12.1 Å². The minimum atomic E-state index is -0.330. The van der Waals surface area contributed by atoms with Gasteiger partial charge in [-0.25, -0.2) is 0 Å². The molecule has 0 bridgehead atoms. The highest BCUT2D eigenvalue weighted by Gasteiger charge is 2.31. The summed E-state index contributed by atoms with van der Waals surface area (Å²) < 4.78 is 0.802. The molecule has 0 aliphatic carbocycles. The molecule has 1 fully saturated rings. The summed E-state index contributed by atoms with van der Waals surface area (Å²) in [5.41, 5.74) is 1.67. The topological polar surface area (TPSA) is 43.9 Å². The normalized spacial score (nSPS) is 17.0. The van der Waals surface area contributed by atoms with Gasteiger partial charge in [0.15, 0.2) is 0 Å². The highest BCUT2D eigenvalue weighted by atomic mass is 79.9. The van der Waals surface area contributed by atoms with Gasteiger partial charge < -0.3 is 4.90 Å². The molecule has 1 aliphatic rings. The van der Waals surface area contributed by atoms with Gasteiger partial charge in [0.2, 0.25) is 0 Å². The average Bonchev–Trinajstić information content (AvgIpc) is 2.59. The molecule has 2 rings (SSSR count). The van der Waals surface area contributed by atoms with E-state index in [0.717, 1.165) is 61.9 Å². The highest BCUT2D eigenvalue weighted by molar-refractivity contribution is 9.10. The maximum absolute atomic E-state index is 11.6. The Morgan fingerprint density at radius 3 is 2.36 bits per heavy atom. The molecule has 6 heteroatoms. The Hall–Kier alpha value is -1.08. The number of carbonyl (C=O) groups is 2. The Kier molecular flexibility index (Phi) is 6.91. The predicted molar refractivity (Wildman–Crippen MR) is 105 cm³/mol. The van der Waals surface area contributed by atoms with Crippen LogP contribution in [0.4, 0.5) is 0 Å². The summed E-state index contributed by atoms with van der Waals surface area (Å²) in [5, 5.41) is 0. The third-order valence-electron chi connectivity index (χ3n) is 5.32. The van der Waals surface area contributed by atoms with Gasteiger partial charge in [0.05, 0.1) is 0 Å². The van der Waals surface area contributed by atoms with Crippen LogP contribution in [0.1, 0.15) is 40.1 Å². The molecule has 1 heterocycles. The van der Waals surface area contributed by atoms with E-state index in [4.69, 9.17) is 0 Å². The predicted octanol–water partition coefficient (Wildman–Crippen LogP) is 2.49. The molecule has 25 heavy (non-hydrogen) atoms. The number of piperazine rings is 1. The van der Waals surface area contributed by atoms with Crippen molar-refractivity contribution in [1.82, 2.24) is 14.7 Å². The summed E-state index contributed by atoms with van der Waals surface area (Å²) in [6.45, 7) is 10.6. The third-order valence-corrected chi connectivity index (χ3v) is 5.95.